The summed E-state index contributed by atoms with van der Waals surface area (Å²) >= 11 is 9.87. The summed E-state index contributed by atoms with van der Waals surface area (Å²) < 4.78 is 2.89. The number of hydrogen-bond donors (Lipinski definition) is 0. The van der Waals surface area contributed by atoms with E-state index in [2.05, 4.69) is 57.8 Å². The van der Waals surface area contributed by atoms with Gasteiger partial charge in [-0.05, 0) is 66.3 Å². The first-order chi connectivity index (χ1) is 10.1. The lowest BCUT2D eigenvalue weighted by molar-refractivity contribution is -0.117. The van der Waals surface area contributed by atoms with Crippen LogP contribution in [0.2, 0.25) is 0 Å². The molecule has 1 fully saturated rings. The third kappa shape index (κ3) is 5.16. The third-order valence-electron chi connectivity index (χ3n) is 2.75. The molecule has 3 heterocycles. The highest BCUT2D eigenvalue weighted by Crippen LogP contribution is 2.22. The first-order valence-electron chi connectivity index (χ1n) is 6.23. The van der Waals surface area contributed by atoms with Crippen molar-refractivity contribution in [3.8, 4) is 0 Å². The van der Waals surface area contributed by atoms with Gasteiger partial charge in [0, 0.05) is 45.0 Å². The highest BCUT2D eigenvalue weighted by molar-refractivity contribution is 9.11. The van der Waals surface area contributed by atoms with E-state index < -0.39 is 0 Å². The van der Waals surface area contributed by atoms with Gasteiger partial charge < -0.3 is 4.90 Å². The summed E-state index contributed by atoms with van der Waals surface area (Å²) in [6.45, 7) is 0.816. The van der Waals surface area contributed by atoms with E-state index in [4.69, 9.17) is 0 Å². The Kier molecular flexibility index (Phi) is 6.32. The van der Waals surface area contributed by atoms with Gasteiger partial charge in [0.2, 0.25) is 5.91 Å². The number of pyridine rings is 2. The van der Waals surface area contributed by atoms with Crippen molar-refractivity contribution in [1.29, 1.82) is 0 Å². The molecule has 0 saturated carbocycles. The Morgan fingerprint density at radius 3 is 1.90 bits per heavy atom. The fraction of sp³-hybridized carbons (Fsp3) is 0.214. The molecule has 0 spiro atoms. The number of anilines is 1. The van der Waals surface area contributed by atoms with Gasteiger partial charge in [-0.3, -0.25) is 14.8 Å². The van der Waals surface area contributed by atoms with Crippen molar-refractivity contribution in [3.63, 3.8) is 0 Å². The molecule has 0 aromatic carbocycles. The average molecular weight is 478 g/mol. The second-order valence-electron chi connectivity index (χ2n) is 4.33. The van der Waals surface area contributed by atoms with E-state index in [1.807, 2.05) is 12.1 Å². The highest BCUT2D eigenvalue weighted by Gasteiger charge is 2.21. The molecule has 2 aromatic heterocycles. The Bertz CT molecular complexity index is 619. The van der Waals surface area contributed by atoms with Gasteiger partial charge in [-0.25, -0.2) is 0 Å². The Hall–Kier alpha value is -0.790. The monoisotopic (exact) mass is 475 g/mol. The molecule has 0 unspecified atom stereocenters. The number of halogens is 3. The van der Waals surface area contributed by atoms with Crippen LogP contribution in [0.25, 0.3) is 0 Å². The van der Waals surface area contributed by atoms with Crippen LogP contribution in [-0.4, -0.2) is 22.4 Å². The first kappa shape index (κ1) is 16.6. The second kappa shape index (κ2) is 8.00. The Balaban J connectivity index is 0.000000173. The van der Waals surface area contributed by atoms with Gasteiger partial charge in [-0.15, -0.1) is 0 Å². The van der Waals surface area contributed by atoms with E-state index in [1.165, 1.54) is 0 Å². The fourth-order valence-electron chi connectivity index (χ4n) is 1.86. The van der Waals surface area contributed by atoms with Gasteiger partial charge in [-0.1, -0.05) is 0 Å². The maximum Gasteiger partial charge on any atom is 0.227 e. The van der Waals surface area contributed by atoms with Crippen molar-refractivity contribution in [2.24, 2.45) is 0 Å². The van der Waals surface area contributed by atoms with E-state index in [1.54, 1.807) is 29.7 Å². The number of amides is 1. The molecule has 3 rings (SSSR count). The molecule has 7 heteroatoms. The van der Waals surface area contributed by atoms with Crippen LogP contribution >= 0.6 is 47.8 Å². The maximum absolute atomic E-state index is 11.4. The minimum atomic E-state index is 0.194. The summed E-state index contributed by atoms with van der Waals surface area (Å²) in [6, 6.07) is 3.85. The summed E-state index contributed by atoms with van der Waals surface area (Å²) in [5.74, 6) is 0.194. The van der Waals surface area contributed by atoms with Crippen molar-refractivity contribution < 1.29 is 4.79 Å². The zero-order valence-corrected chi connectivity index (χ0v) is 15.7. The molecule has 110 valence electrons. The largest absolute Gasteiger partial charge is 0.311 e. The van der Waals surface area contributed by atoms with Crippen molar-refractivity contribution in [2.45, 2.75) is 12.8 Å². The number of aromatic nitrogens is 2. The van der Waals surface area contributed by atoms with Crippen LogP contribution in [0.5, 0.6) is 0 Å². The molecule has 0 N–H and O–H groups in total. The Labute approximate surface area is 148 Å². The van der Waals surface area contributed by atoms with Crippen molar-refractivity contribution in [3.05, 3.63) is 50.3 Å². The maximum atomic E-state index is 11.4. The number of carbonyl (C=O) groups is 1. The minimum Gasteiger partial charge on any atom is -0.311 e. The van der Waals surface area contributed by atoms with E-state index >= 15 is 0 Å². The van der Waals surface area contributed by atoms with Crippen molar-refractivity contribution in [2.75, 3.05) is 11.4 Å². The number of nitrogens with zero attached hydrogens (tertiary/aromatic N) is 3. The lowest BCUT2D eigenvalue weighted by Crippen LogP contribution is -2.23. The molecule has 1 aliphatic heterocycles. The predicted octanol–water partition coefficient (Wildman–Crippen LogP) is 4.58. The summed E-state index contributed by atoms with van der Waals surface area (Å²) in [6.07, 6.45) is 8.52. The third-order valence-corrected chi connectivity index (χ3v) is 4.05. The zero-order chi connectivity index (χ0) is 15.2. The van der Waals surface area contributed by atoms with Crippen LogP contribution in [0.3, 0.4) is 0 Å². The number of hydrogen-bond acceptors (Lipinski definition) is 3. The van der Waals surface area contributed by atoms with Crippen LogP contribution in [0.4, 0.5) is 5.69 Å². The molecule has 0 aliphatic carbocycles. The van der Waals surface area contributed by atoms with E-state index in [0.717, 1.165) is 32.1 Å². The molecule has 1 saturated heterocycles. The molecule has 0 atom stereocenters. The molecule has 1 amide bonds. The molecule has 4 nitrogen and oxygen atoms in total. The molecule has 1 aliphatic rings. The Morgan fingerprint density at radius 1 is 0.905 bits per heavy atom. The average Bonchev–Trinajstić information content (AvgIpc) is 2.85. The first-order valence-corrected chi connectivity index (χ1v) is 8.61. The molecule has 2 aromatic rings. The zero-order valence-electron chi connectivity index (χ0n) is 11.0. The second-order valence-corrected chi connectivity index (χ2v) is 7.08. The lowest BCUT2D eigenvalue weighted by Gasteiger charge is -2.14. The lowest BCUT2D eigenvalue weighted by atomic mass is 10.4. The smallest absolute Gasteiger partial charge is 0.227 e. The van der Waals surface area contributed by atoms with Gasteiger partial charge in [0.1, 0.15) is 0 Å². The molecule has 0 radical (unpaired) electrons. The van der Waals surface area contributed by atoms with Gasteiger partial charge in [0.15, 0.2) is 0 Å². The summed E-state index contributed by atoms with van der Waals surface area (Å²) in [5, 5.41) is 0. The van der Waals surface area contributed by atoms with Crippen LogP contribution < -0.4 is 4.90 Å². The van der Waals surface area contributed by atoms with Crippen molar-refractivity contribution >= 4 is 59.4 Å². The number of rotatable bonds is 1. The predicted molar refractivity (Wildman–Crippen MR) is 93.2 cm³/mol. The van der Waals surface area contributed by atoms with Crippen LogP contribution in [0, 0.1) is 0 Å². The van der Waals surface area contributed by atoms with Gasteiger partial charge >= 0.3 is 0 Å². The highest BCUT2D eigenvalue weighted by atomic mass is 79.9. The quantitative estimate of drug-likeness (QED) is 0.604. The Morgan fingerprint density at radius 2 is 1.48 bits per heavy atom. The van der Waals surface area contributed by atoms with Crippen LogP contribution in [0.1, 0.15) is 12.8 Å². The molecular formula is C14H12Br3N3O. The number of carbonyl (C=O) groups excluding carboxylic acids is 1. The van der Waals surface area contributed by atoms with E-state index in [9.17, 15) is 4.79 Å². The van der Waals surface area contributed by atoms with E-state index in [-0.39, 0.29) is 5.91 Å². The van der Waals surface area contributed by atoms with Gasteiger partial charge in [0.25, 0.3) is 0 Å². The van der Waals surface area contributed by atoms with Gasteiger partial charge in [0.05, 0.1) is 11.9 Å². The standard InChI is InChI=1S/C9H9BrN2O.C5H3Br2N/c10-7-4-8(6-11-5-7)12-3-1-2-9(12)13;6-4-1-5(7)3-8-2-4/h4-6H,1-3H2;1-3H. The van der Waals surface area contributed by atoms with Crippen LogP contribution in [0.15, 0.2) is 50.3 Å². The minimum absolute atomic E-state index is 0.194. The summed E-state index contributed by atoms with van der Waals surface area (Å²) in [4.78, 5) is 21.1. The van der Waals surface area contributed by atoms with E-state index in [0.29, 0.717) is 6.42 Å². The van der Waals surface area contributed by atoms with Gasteiger partial charge in [-0.2, -0.15) is 0 Å². The summed E-state index contributed by atoms with van der Waals surface area (Å²) in [7, 11) is 0. The van der Waals surface area contributed by atoms with Crippen molar-refractivity contribution in [1.82, 2.24) is 9.97 Å². The topological polar surface area (TPSA) is 46.1 Å². The van der Waals surface area contributed by atoms with Crippen LogP contribution in [-0.2, 0) is 4.79 Å². The molecular weight excluding hydrogens is 466 g/mol. The SMILES string of the molecule is Brc1cncc(Br)c1.O=C1CCCN1c1cncc(Br)c1. The molecule has 21 heavy (non-hydrogen) atoms. The normalized spacial score (nSPS) is 13.9. The fourth-order valence-corrected chi connectivity index (χ4v) is 3.24. The summed E-state index contributed by atoms with van der Waals surface area (Å²) in [5.41, 5.74) is 0.886. The molecule has 0 bridgehead atoms.